The Morgan fingerprint density at radius 3 is 2.82 bits per heavy atom. The molecule has 1 unspecified atom stereocenters. The van der Waals surface area contributed by atoms with E-state index in [0.717, 1.165) is 13.0 Å². The van der Waals surface area contributed by atoms with Crippen molar-refractivity contribution in [2.24, 2.45) is 4.99 Å². The van der Waals surface area contributed by atoms with Crippen LogP contribution in [-0.2, 0) is 0 Å². The van der Waals surface area contributed by atoms with Crippen molar-refractivity contribution in [3.63, 3.8) is 0 Å². The lowest BCUT2D eigenvalue weighted by molar-refractivity contribution is 0.596. The molecule has 92 valence electrons. The SMILES string of the molecule is CCC1CN=C(Nc2cc(F)c(C)cc2F)S1. The molecule has 0 aliphatic carbocycles. The average Bonchev–Trinajstić information content (AvgIpc) is 2.73. The van der Waals surface area contributed by atoms with Gasteiger partial charge in [0.1, 0.15) is 11.6 Å². The summed E-state index contributed by atoms with van der Waals surface area (Å²) in [7, 11) is 0. The summed E-state index contributed by atoms with van der Waals surface area (Å²) >= 11 is 1.57. The molecule has 5 heteroatoms. The van der Waals surface area contributed by atoms with Crippen molar-refractivity contribution in [3.8, 4) is 0 Å². The molecule has 1 atom stereocenters. The van der Waals surface area contributed by atoms with E-state index in [9.17, 15) is 8.78 Å². The zero-order chi connectivity index (χ0) is 12.4. The van der Waals surface area contributed by atoms with Gasteiger partial charge in [-0.2, -0.15) is 0 Å². The van der Waals surface area contributed by atoms with Gasteiger partial charge >= 0.3 is 0 Å². The van der Waals surface area contributed by atoms with E-state index in [1.54, 1.807) is 11.8 Å². The number of aliphatic imine (C=N–C) groups is 1. The summed E-state index contributed by atoms with van der Waals surface area (Å²) in [6.45, 7) is 4.36. The number of rotatable bonds is 2. The number of anilines is 1. The molecule has 17 heavy (non-hydrogen) atoms. The monoisotopic (exact) mass is 256 g/mol. The van der Waals surface area contributed by atoms with E-state index in [1.807, 2.05) is 0 Å². The molecule has 2 rings (SSSR count). The lowest BCUT2D eigenvalue weighted by atomic mass is 10.2. The highest BCUT2D eigenvalue weighted by Crippen LogP contribution is 2.26. The minimum atomic E-state index is -0.452. The molecule has 2 nitrogen and oxygen atoms in total. The zero-order valence-electron chi connectivity index (χ0n) is 9.76. The first-order chi connectivity index (χ1) is 8.10. The van der Waals surface area contributed by atoms with E-state index >= 15 is 0 Å². The normalized spacial score (nSPS) is 19.3. The van der Waals surface area contributed by atoms with Gasteiger partial charge in [0.05, 0.1) is 12.2 Å². The van der Waals surface area contributed by atoms with Crippen molar-refractivity contribution in [1.29, 1.82) is 0 Å². The number of hydrogen-bond acceptors (Lipinski definition) is 3. The molecule has 0 bridgehead atoms. The number of aryl methyl sites for hydroxylation is 1. The van der Waals surface area contributed by atoms with Crippen LogP contribution in [0.2, 0.25) is 0 Å². The van der Waals surface area contributed by atoms with Gasteiger partial charge < -0.3 is 5.32 Å². The Kier molecular flexibility index (Phi) is 3.66. The fourth-order valence-corrected chi connectivity index (χ4v) is 2.51. The number of nitrogens with zero attached hydrogens (tertiary/aromatic N) is 1. The number of halogens is 2. The Morgan fingerprint density at radius 1 is 1.41 bits per heavy atom. The molecule has 0 saturated carbocycles. The molecule has 0 spiro atoms. The van der Waals surface area contributed by atoms with Gasteiger partial charge in [0.15, 0.2) is 5.17 Å². The third kappa shape index (κ3) is 2.77. The van der Waals surface area contributed by atoms with Crippen molar-refractivity contribution in [2.45, 2.75) is 25.5 Å². The highest BCUT2D eigenvalue weighted by molar-refractivity contribution is 8.15. The fourth-order valence-electron chi connectivity index (χ4n) is 1.56. The molecular weight excluding hydrogens is 242 g/mol. The molecule has 0 aromatic heterocycles. The maximum absolute atomic E-state index is 13.6. The molecule has 1 aromatic carbocycles. The molecule has 1 aromatic rings. The second-order valence-corrected chi connectivity index (χ2v) is 5.29. The standard InChI is InChI=1S/C12H14F2N2S/c1-3-8-6-15-12(17-8)16-11-5-9(13)7(2)4-10(11)14/h4-5,8H,3,6H2,1-2H3,(H,15,16). The van der Waals surface area contributed by atoms with Crippen LogP contribution in [0.25, 0.3) is 0 Å². The topological polar surface area (TPSA) is 24.4 Å². The number of benzene rings is 1. The minimum Gasteiger partial charge on any atom is -0.332 e. The lowest BCUT2D eigenvalue weighted by Gasteiger charge is -2.09. The molecule has 0 amide bonds. The van der Waals surface area contributed by atoms with Crippen molar-refractivity contribution in [1.82, 2.24) is 0 Å². The van der Waals surface area contributed by atoms with Gasteiger partial charge in [0.2, 0.25) is 0 Å². The van der Waals surface area contributed by atoms with Crippen molar-refractivity contribution in [2.75, 3.05) is 11.9 Å². The quantitative estimate of drug-likeness (QED) is 0.874. The summed E-state index contributed by atoms with van der Waals surface area (Å²) in [5.41, 5.74) is 0.455. The highest BCUT2D eigenvalue weighted by Gasteiger charge is 2.19. The summed E-state index contributed by atoms with van der Waals surface area (Å²) in [5.74, 6) is -0.864. The average molecular weight is 256 g/mol. The van der Waals surface area contributed by atoms with E-state index in [0.29, 0.717) is 16.0 Å². The maximum Gasteiger partial charge on any atom is 0.161 e. The van der Waals surface area contributed by atoms with Gasteiger partial charge in [0, 0.05) is 11.3 Å². The molecular formula is C12H14F2N2S. The van der Waals surface area contributed by atoms with Crippen molar-refractivity contribution >= 4 is 22.6 Å². The Labute approximate surface area is 104 Å². The van der Waals surface area contributed by atoms with Gasteiger partial charge in [-0.05, 0) is 25.0 Å². The predicted octanol–water partition coefficient (Wildman–Crippen LogP) is 3.57. The highest BCUT2D eigenvalue weighted by atomic mass is 32.2. The Hall–Kier alpha value is -1.10. The second kappa shape index (κ2) is 5.04. The smallest absolute Gasteiger partial charge is 0.161 e. The fraction of sp³-hybridized carbons (Fsp3) is 0.417. The van der Waals surface area contributed by atoms with Gasteiger partial charge in [-0.25, -0.2) is 8.78 Å². The summed E-state index contributed by atoms with van der Waals surface area (Å²) in [6.07, 6.45) is 1.02. The summed E-state index contributed by atoms with van der Waals surface area (Å²) < 4.78 is 26.9. The molecule has 1 N–H and O–H groups in total. The first-order valence-electron chi connectivity index (χ1n) is 5.54. The molecule has 1 aliphatic rings. The lowest BCUT2D eigenvalue weighted by Crippen LogP contribution is -2.09. The van der Waals surface area contributed by atoms with Crippen LogP contribution in [0.4, 0.5) is 14.5 Å². The van der Waals surface area contributed by atoms with E-state index in [4.69, 9.17) is 0 Å². The first kappa shape index (κ1) is 12.4. The molecule has 0 saturated heterocycles. The van der Waals surface area contributed by atoms with Crippen LogP contribution < -0.4 is 5.32 Å². The summed E-state index contributed by atoms with van der Waals surface area (Å²) in [6, 6.07) is 2.36. The van der Waals surface area contributed by atoms with Crippen LogP contribution in [0.3, 0.4) is 0 Å². The maximum atomic E-state index is 13.6. The third-order valence-electron chi connectivity index (χ3n) is 2.66. The predicted molar refractivity (Wildman–Crippen MR) is 68.7 cm³/mol. The van der Waals surface area contributed by atoms with Crippen LogP contribution in [-0.4, -0.2) is 17.0 Å². The van der Waals surface area contributed by atoms with Gasteiger partial charge in [-0.3, -0.25) is 4.99 Å². The van der Waals surface area contributed by atoms with Crippen LogP contribution in [0.15, 0.2) is 17.1 Å². The van der Waals surface area contributed by atoms with Gasteiger partial charge in [-0.15, -0.1) is 0 Å². The van der Waals surface area contributed by atoms with Gasteiger partial charge in [0.25, 0.3) is 0 Å². The van der Waals surface area contributed by atoms with Crippen LogP contribution in [0, 0.1) is 18.6 Å². The minimum absolute atomic E-state index is 0.149. The van der Waals surface area contributed by atoms with E-state index in [-0.39, 0.29) is 5.69 Å². The zero-order valence-corrected chi connectivity index (χ0v) is 10.6. The summed E-state index contributed by atoms with van der Waals surface area (Å²) in [5, 5.41) is 3.95. The first-order valence-corrected chi connectivity index (χ1v) is 6.42. The molecule has 1 aliphatic heterocycles. The second-order valence-electron chi connectivity index (χ2n) is 4.00. The Bertz CT molecular complexity index is 460. The van der Waals surface area contributed by atoms with Crippen LogP contribution in [0.5, 0.6) is 0 Å². The number of nitrogens with one attached hydrogen (secondary N) is 1. The Balaban J connectivity index is 2.12. The van der Waals surface area contributed by atoms with Crippen molar-refractivity contribution < 1.29 is 8.78 Å². The molecule has 0 radical (unpaired) electrons. The van der Waals surface area contributed by atoms with E-state index in [2.05, 4.69) is 17.2 Å². The molecule has 0 fully saturated rings. The van der Waals surface area contributed by atoms with E-state index in [1.165, 1.54) is 19.1 Å². The van der Waals surface area contributed by atoms with Crippen LogP contribution in [0.1, 0.15) is 18.9 Å². The number of hydrogen-bond donors (Lipinski definition) is 1. The van der Waals surface area contributed by atoms with Gasteiger partial charge in [-0.1, -0.05) is 18.7 Å². The van der Waals surface area contributed by atoms with Crippen molar-refractivity contribution in [3.05, 3.63) is 29.3 Å². The summed E-state index contributed by atoms with van der Waals surface area (Å²) in [4.78, 5) is 4.26. The Morgan fingerprint density at radius 2 is 2.18 bits per heavy atom. The van der Waals surface area contributed by atoms with E-state index < -0.39 is 11.6 Å². The molecule has 1 heterocycles. The largest absolute Gasteiger partial charge is 0.332 e. The number of amidine groups is 1. The number of thioether (sulfide) groups is 1. The van der Waals surface area contributed by atoms with Crippen LogP contribution >= 0.6 is 11.8 Å². The third-order valence-corrected chi connectivity index (χ3v) is 3.93.